The average molecular weight is 494 g/mol. The van der Waals surface area contributed by atoms with E-state index in [4.69, 9.17) is 11.6 Å². The van der Waals surface area contributed by atoms with Gasteiger partial charge in [-0.3, -0.25) is 9.36 Å². The van der Waals surface area contributed by atoms with Crippen LogP contribution in [0.2, 0.25) is 5.02 Å². The summed E-state index contributed by atoms with van der Waals surface area (Å²) < 4.78 is 1.82. The van der Waals surface area contributed by atoms with E-state index >= 15 is 0 Å². The summed E-state index contributed by atoms with van der Waals surface area (Å²) in [6, 6.07) is 16.1. The van der Waals surface area contributed by atoms with Crippen molar-refractivity contribution in [3.8, 4) is 5.00 Å². The molecule has 7 nitrogen and oxygen atoms in total. The molecule has 0 spiro atoms. The first kappa shape index (κ1) is 23.7. The molecule has 2 N–H and O–H groups in total. The number of carbonyl (C=O) groups excluding carboxylic acids is 2. The van der Waals surface area contributed by atoms with Crippen LogP contribution in [0.3, 0.4) is 0 Å². The molecule has 0 aliphatic heterocycles. The number of rotatable bonds is 7. The maximum absolute atomic E-state index is 13.4. The molecule has 2 amide bonds. The zero-order valence-corrected chi connectivity index (χ0v) is 20.6. The van der Waals surface area contributed by atoms with Crippen LogP contribution in [-0.2, 0) is 13.0 Å². The molecule has 0 aliphatic carbocycles. The lowest BCUT2D eigenvalue weighted by Gasteiger charge is -2.11. The number of benzene rings is 2. The second kappa shape index (κ2) is 10.2. The van der Waals surface area contributed by atoms with Crippen molar-refractivity contribution in [2.75, 3.05) is 5.32 Å². The third kappa shape index (κ3) is 5.03. The highest BCUT2D eigenvalue weighted by Crippen LogP contribution is 2.32. The van der Waals surface area contributed by atoms with Crippen molar-refractivity contribution in [1.82, 2.24) is 20.1 Å². The predicted molar refractivity (Wildman–Crippen MR) is 135 cm³/mol. The number of carbonyl (C=O) groups is 2. The Bertz CT molecular complexity index is 1340. The minimum Gasteiger partial charge on any atom is -0.331 e. The molecule has 0 atom stereocenters. The molecule has 2 heterocycles. The highest BCUT2D eigenvalue weighted by molar-refractivity contribution is 7.15. The SMILES string of the molecule is CCc1cc(C(=O)c2ccccc2Cl)c(-n2c(C)nnc2CNC(=O)Nc2ccc(C)cc2)s1. The van der Waals surface area contributed by atoms with Crippen molar-refractivity contribution in [1.29, 1.82) is 0 Å². The quantitative estimate of drug-likeness (QED) is 0.322. The van der Waals surface area contributed by atoms with E-state index < -0.39 is 0 Å². The van der Waals surface area contributed by atoms with Gasteiger partial charge in [0.15, 0.2) is 11.6 Å². The topological polar surface area (TPSA) is 88.9 Å². The average Bonchev–Trinajstić information content (AvgIpc) is 3.42. The van der Waals surface area contributed by atoms with Crippen LogP contribution in [0.25, 0.3) is 5.00 Å². The standard InChI is InChI=1S/C25H24ClN5O2S/c1-4-18-13-20(23(32)19-7-5-6-8-21(19)26)24(34-18)31-16(3)29-30-22(31)14-27-25(33)28-17-11-9-15(2)10-12-17/h5-13H,4,14H2,1-3H3,(H2,27,28,33). The number of nitrogens with one attached hydrogen (secondary N) is 2. The van der Waals surface area contributed by atoms with Crippen LogP contribution in [0, 0.1) is 13.8 Å². The monoisotopic (exact) mass is 493 g/mol. The smallest absolute Gasteiger partial charge is 0.319 e. The molecule has 0 aliphatic rings. The molecular weight excluding hydrogens is 470 g/mol. The van der Waals surface area contributed by atoms with Crippen LogP contribution < -0.4 is 10.6 Å². The molecule has 0 bridgehead atoms. The first-order valence-electron chi connectivity index (χ1n) is 10.8. The van der Waals surface area contributed by atoms with E-state index in [1.165, 1.54) is 11.3 Å². The fraction of sp³-hybridized carbons (Fsp3) is 0.200. The van der Waals surface area contributed by atoms with E-state index in [0.717, 1.165) is 16.9 Å². The summed E-state index contributed by atoms with van der Waals surface area (Å²) in [4.78, 5) is 26.9. The number of amides is 2. The highest BCUT2D eigenvalue weighted by Gasteiger charge is 2.24. The number of aryl methyl sites for hydroxylation is 3. The Morgan fingerprint density at radius 1 is 1.03 bits per heavy atom. The van der Waals surface area contributed by atoms with Gasteiger partial charge in [0.25, 0.3) is 0 Å². The molecule has 0 saturated heterocycles. The van der Waals surface area contributed by atoms with Gasteiger partial charge in [-0.15, -0.1) is 21.5 Å². The highest BCUT2D eigenvalue weighted by atomic mass is 35.5. The molecule has 2 aromatic carbocycles. The molecule has 9 heteroatoms. The summed E-state index contributed by atoms with van der Waals surface area (Å²) in [7, 11) is 0. The van der Waals surface area contributed by atoms with Crippen LogP contribution in [0.1, 0.15) is 44.9 Å². The molecule has 0 saturated carbocycles. The third-order valence-corrected chi connectivity index (χ3v) is 6.88. The lowest BCUT2D eigenvalue weighted by molar-refractivity contribution is 0.103. The summed E-state index contributed by atoms with van der Waals surface area (Å²) in [6.45, 7) is 5.98. The van der Waals surface area contributed by atoms with Gasteiger partial charge in [-0.2, -0.15) is 0 Å². The number of halogens is 1. The Hall–Kier alpha value is -3.49. The lowest BCUT2D eigenvalue weighted by atomic mass is 10.0. The van der Waals surface area contributed by atoms with Crippen LogP contribution in [0.4, 0.5) is 10.5 Å². The molecule has 0 radical (unpaired) electrons. The molecule has 4 rings (SSSR count). The summed E-state index contributed by atoms with van der Waals surface area (Å²) in [5.41, 5.74) is 2.77. The third-order valence-electron chi connectivity index (χ3n) is 5.29. The van der Waals surface area contributed by atoms with E-state index in [-0.39, 0.29) is 18.4 Å². The normalized spacial score (nSPS) is 10.8. The van der Waals surface area contributed by atoms with Crippen LogP contribution in [0.15, 0.2) is 54.6 Å². The van der Waals surface area contributed by atoms with Gasteiger partial charge in [0.05, 0.1) is 17.1 Å². The van der Waals surface area contributed by atoms with Crippen molar-refractivity contribution in [3.63, 3.8) is 0 Å². The predicted octanol–water partition coefficient (Wildman–Crippen LogP) is 5.71. The second-order valence-electron chi connectivity index (χ2n) is 7.77. The van der Waals surface area contributed by atoms with Gasteiger partial charge in [-0.25, -0.2) is 4.79 Å². The zero-order chi connectivity index (χ0) is 24.2. The van der Waals surface area contributed by atoms with Gasteiger partial charge in [0, 0.05) is 16.1 Å². The van der Waals surface area contributed by atoms with Gasteiger partial charge >= 0.3 is 6.03 Å². The summed E-state index contributed by atoms with van der Waals surface area (Å²) in [6.07, 6.45) is 0.779. The van der Waals surface area contributed by atoms with Gasteiger partial charge in [-0.1, -0.05) is 48.4 Å². The number of nitrogens with zero attached hydrogens (tertiary/aromatic N) is 3. The lowest BCUT2D eigenvalue weighted by Crippen LogP contribution is -2.29. The van der Waals surface area contributed by atoms with Crippen LogP contribution in [0.5, 0.6) is 0 Å². The minimum absolute atomic E-state index is 0.137. The Balaban J connectivity index is 1.61. The summed E-state index contributed by atoms with van der Waals surface area (Å²) in [5.74, 6) is 0.975. The molecule has 2 aromatic heterocycles. The van der Waals surface area contributed by atoms with Crippen molar-refractivity contribution in [2.24, 2.45) is 0 Å². The fourth-order valence-electron chi connectivity index (χ4n) is 3.48. The van der Waals surface area contributed by atoms with E-state index in [2.05, 4.69) is 20.8 Å². The van der Waals surface area contributed by atoms with E-state index in [1.807, 2.05) is 55.7 Å². The minimum atomic E-state index is -0.358. The maximum atomic E-state index is 13.4. The van der Waals surface area contributed by atoms with E-state index in [0.29, 0.717) is 38.5 Å². The Morgan fingerprint density at radius 2 is 1.76 bits per heavy atom. The molecular formula is C25H24ClN5O2S. The van der Waals surface area contributed by atoms with E-state index in [1.54, 1.807) is 24.3 Å². The van der Waals surface area contributed by atoms with Gasteiger partial charge in [-0.05, 0) is 50.6 Å². The molecule has 0 unspecified atom stereocenters. The number of aromatic nitrogens is 3. The Morgan fingerprint density at radius 3 is 2.47 bits per heavy atom. The van der Waals surface area contributed by atoms with E-state index in [9.17, 15) is 9.59 Å². The van der Waals surface area contributed by atoms with Crippen molar-refractivity contribution in [3.05, 3.63) is 92.8 Å². The Labute approximate surface area is 206 Å². The number of thiophene rings is 1. The number of ketones is 1. The van der Waals surface area contributed by atoms with Crippen molar-refractivity contribution < 1.29 is 9.59 Å². The fourth-order valence-corrected chi connectivity index (χ4v) is 4.86. The number of anilines is 1. The first-order valence-corrected chi connectivity index (χ1v) is 12.0. The summed E-state index contributed by atoms with van der Waals surface area (Å²) in [5, 5.41) is 15.2. The first-order chi connectivity index (χ1) is 16.4. The number of hydrogen-bond acceptors (Lipinski definition) is 5. The van der Waals surface area contributed by atoms with Gasteiger partial charge in [0.1, 0.15) is 10.8 Å². The van der Waals surface area contributed by atoms with Crippen molar-refractivity contribution in [2.45, 2.75) is 33.7 Å². The molecule has 0 fully saturated rings. The number of urea groups is 1. The summed E-state index contributed by atoms with van der Waals surface area (Å²) >= 11 is 7.81. The van der Waals surface area contributed by atoms with Gasteiger partial charge < -0.3 is 10.6 Å². The van der Waals surface area contributed by atoms with Crippen molar-refractivity contribution >= 4 is 40.4 Å². The van der Waals surface area contributed by atoms with Crippen LogP contribution >= 0.6 is 22.9 Å². The zero-order valence-electron chi connectivity index (χ0n) is 19.1. The molecule has 174 valence electrons. The molecule has 34 heavy (non-hydrogen) atoms. The number of hydrogen-bond donors (Lipinski definition) is 2. The van der Waals surface area contributed by atoms with Gasteiger partial charge in [0.2, 0.25) is 0 Å². The molecule has 4 aromatic rings. The Kier molecular flexibility index (Phi) is 7.09. The van der Waals surface area contributed by atoms with Crippen LogP contribution in [-0.4, -0.2) is 26.6 Å². The second-order valence-corrected chi connectivity index (χ2v) is 9.29. The largest absolute Gasteiger partial charge is 0.331 e. The maximum Gasteiger partial charge on any atom is 0.319 e.